The Kier molecular flexibility index (Phi) is 4.57. The minimum Gasteiger partial charge on any atom is -0.490 e. The Hall–Kier alpha value is -3.09. The third kappa shape index (κ3) is 3.14. The second-order valence-corrected chi connectivity index (χ2v) is 4.04. The van der Waals surface area contributed by atoms with E-state index < -0.39 is 23.7 Å². The minimum atomic E-state index is -0.934. The molecular weight excluding hydrogens is 292 g/mol. The van der Waals surface area contributed by atoms with Crippen molar-refractivity contribution in [2.75, 3.05) is 14.2 Å². The molecule has 0 fully saturated rings. The van der Waals surface area contributed by atoms with Crippen LogP contribution in [0.25, 0.3) is 0 Å². The van der Waals surface area contributed by atoms with Crippen molar-refractivity contribution in [1.82, 2.24) is 0 Å². The van der Waals surface area contributed by atoms with E-state index in [1.54, 1.807) is 18.2 Å². The summed E-state index contributed by atoms with van der Waals surface area (Å²) in [5.41, 5.74) is 0.253. The molecule has 0 saturated carbocycles. The second-order valence-electron chi connectivity index (χ2n) is 4.04. The molecule has 1 aromatic carbocycles. The molecule has 0 aromatic heterocycles. The Labute approximate surface area is 125 Å². The highest BCUT2D eigenvalue weighted by Crippen LogP contribution is 2.28. The van der Waals surface area contributed by atoms with Gasteiger partial charge in [0.25, 0.3) is 5.76 Å². The van der Waals surface area contributed by atoms with Crippen LogP contribution in [0, 0.1) is 0 Å². The monoisotopic (exact) mass is 304 g/mol. The maximum Gasteiger partial charge on any atom is 0.384 e. The average Bonchev–Trinajstić information content (AvgIpc) is 2.82. The van der Waals surface area contributed by atoms with Crippen molar-refractivity contribution in [2.45, 2.75) is 0 Å². The molecule has 0 radical (unpaired) electrons. The lowest BCUT2D eigenvalue weighted by Crippen LogP contribution is -2.10. The first-order chi connectivity index (χ1) is 10.6. The van der Waals surface area contributed by atoms with Crippen LogP contribution in [0.3, 0.4) is 0 Å². The Balaban J connectivity index is 2.29. The fraction of sp³-hybridized carbons (Fsp3) is 0.133. The lowest BCUT2D eigenvalue weighted by atomic mass is 10.2. The molecule has 7 nitrogen and oxygen atoms in total. The first-order valence-electron chi connectivity index (χ1n) is 6.14. The second kappa shape index (κ2) is 6.57. The molecule has 2 rings (SSSR count). The van der Waals surface area contributed by atoms with Crippen LogP contribution in [0.1, 0.15) is 10.4 Å². The van der Waals surface area contributed by atoms with Crippen LogP contribution in [0.5, 0.6) is 0 Å². The number of carbonyl (C=O) groups is 3. The summed E-state index contributed by atoms with van der Waals surface area (Å²) in [5, 5.41) is 0. The van der Waals surface area contributed by atoms with Crippen LogP contribution < -0.4 is 0 Å². The van der Waals surface area contributed by atoms with Crippen molar-refractivity contribution in [3.8, 4) is 0 Å². The first kappa shape index (κ1) is 15.3. The van der Waals surface area contributed by atoms with Gasteiger partial charge in [-0.1, -0.05) is 18.2 Å². The first-order valence-corrected chi connectivity index (χ1v) is 6.14. The van der Waals surface area contributed by atoms with Crippen molar-refractivity contribution in [2.24, 2.45) is 0 Å². The van der Waals surface area contributed by atoms with E-state index in [4.69, 9.17) is 14.2 Å². The number of rotatable bonds is 4. The summed E-state index contributed by atoms with van der Waals surface area (Å²) in [6.07, 6.45) is 0.917. The minimum absolute atomic E-state index is 0.153. The molecule has 7 heteroatoms. The van der Waals surface area contributed by atoms with Gasteiger partial charge in [0.05, 0.1) is 25.9 Å². The van der Waals surface area contributed by atoms with Gasteiger partial charge in [0, 0.05) is 0 Å². The molecule has 0 amide bonds. The van der Waals surface area contributed by atoms with Crippen molar-refractivity contribution in [3.05, 3.63) is 59.2 Å². The van der Waals surface area contributed by atoms with E-state index in [-0.39, 0.29) is 17.1 Å². The highest BCUT2D eigenvalue weighted by atomic mass is 16.6. The van der Waals surface area contributed by atoms with Crippen molar-refractivity contribution >= 4 is 17.9 Å². The van der Waals surface area contributed by atoms with E-state index in [0.717, 1.165) is 6.08 Å². The molecule has 22 heavy (non-hydrogen) atoms. The summed E-state index contributed by atoms with van der Waals surface area (Å²) in [6.45, 7) is 0. The number of carbonyl (C=O) groups excluding carboxylic acids is 3. The van der Waals surface area contributed by atoms with Crippen LogP contribution in [-0.4, -0.2) is 32.1 Å². The van der Waals surface area contributed by atoms with Gasteiger partial charge in [-0.2, -0.15) is 0 Å². The normalized spacial score (nSPS) is 15.5. The third-order valence-electron chi connectivity index (χ3n) is 2.68. The van der Waals surface area contributed by atoms with Crippen molar-refractivity contribution < 1.29 is 33.3 Å². The maximum atomic E-state index is 12.0. The van der Waals surface area contributed by atoms with E-state index in [1.807, 2.05) is 0 Å². The van der Waals surface area contributed by atoms with E-state index >= 15 is 0 Å². The fourth-order valence-corrected chi connectivity index (χ4v) is 1.67. The molecule has 1 aliphatic heterocycles. The quantitative estimate of drug-likeness (QED) is 0.471. The van der Waals surface area contributed by atoms with Gasteiger partial charge in [-0.3, -0.25) is 0 Å². The predicted molar refractivity (Wildman–Crippen MR) is 72.1 cm³/mol. The van der Waals surface area contributed by atoms with Crippen molar-refractivity contribution in [3.63, 3.8) is 0 Å². The highest BCUT2D eigenvalue weighted by molar-refractivity contribution is 5.99. The van der Waals surface area contributed by atoms with Gasteiger partial charge in [-0.25, -0.2) is 14.4 Å². The zero-order chi connectivity index (χ0) is 16.1. The Morgan fingerprint density at radius 1 is 1.09 bits per heavy atom. The van der Waals surface area contributed by atoms with Crippen LogP contribution in [0.2, 0.25) is 0 Å². The van der Waals surface area contributed by atoms with Gasteiger partial charge in [0.15, 0.2) is 5.76 Å². The molecule has 1 aromatic rings. The fourth-order valence-electron chi connectivity index (χ4n) is 1.67. The van der Waals surface area contributed by atoms with Crippen LogP contribution in [0.4, 0.5) is 0 Å². The molecule has 0 aliphatic carbocycles. The molecule has 0 spiro atoms. The summed E-state index contributed by atoms with van der Waals surface area (Å²) in [6, 6.07) is 8.09. The number of hydrogen-bond donors (Lipinski definition) is 0. The SMILES string of the molecule is COC(=O)/C=C1\OC(=O)C(OC(=O)c2ccccc2)=C1OC. The Bertz CT molecular complexity index is 670. The molecule has 114 valence electrons. The third-order valence-corrected chi connectivity index (χ3v) is 2.68. The molecule has 0 atom stereocenters. The van der Waals surface area contributed by atoms with Crippen molar-refractivity contribution in [1.29, 1.82) is 0 Å². The van der Waals surface area contributed by atoms with E-state index in [9.17, 15) is 14.4 Å². The topological polar surface area (TPSA) is 88.1 Å². The molecule has 1 heterocycles. The summed E-state index contributed by atoms with van der Waals surface area (Å²) >= 11 is 0. The van der Waals surface area contributed by atoms with E-state index in [1.165, 1.54) is 26.4 Å². The van der Waals surface area contributed by atoms with Gasteiger partial charge in [-0.15, -0.1) is 0 Å². The molecular formula is C15H12O7. The Morgan fingerprint density at radius 2 is 1.77 bits per heavy atom. The van der Waals surface area contributed by atoms with Gasteiger partial charge < -0.3 is 18.9 Å². The average molecular weight is 304 g/mol. The number of ether oxygens (including phenoxy) is 4. The zero-order valence-corrected chi connectivity index (χ0v) is 11.8. The zero-order valence-electron chi connectivity index (χ0n) is 11.8. The van der Waals surface area contributed by atoms with Gasteiger partial charge >= 0.3 is 17.9 Å². The number of cyclic esters (lactones) is 1. The van der Waals surface area contributed by atoms with Crippen LogP contribution in [0.15, 0.2) is 53.7 Å². The van der Waals surface area contributed by atoms with Crippen LogP contribution in [-0.2, 0) is 28.5 Å². The number of esters is 3. The lowest BCUT2D eigenvalue weighted by Gasteiger charge is -2.04. The standard InChI is InChI=1S/C15H12O7/c1-19-11(16)8-10-12(20-2)13(15(18)21-10)22-14(17)9-6-4-3-5-7-9/h3-8H,1-2H3/b10-8-. The molecule has 0 unspecified atom stereocenters. The molecule has 0 saturated heterocycles. The maximum absolute atomic E-state index is 12.0. The number of benzene rings is 1. The number of hydrogen-bond acceptors (Lipinski definition) is 7. The molecule has 0 N–H and O–H groups in total. The summed E-state index contributed by atoms with van der Waals surface area (Å²) in [7, 11) is 2.42. The summed E-state index contributed by atoms with van der Waals surface area (Å²) in [4.78, 5) is 34.9. The van der Waals surface area contributed by atoms with E-state index in [2.05, 4.69) is 4.74 Å². The summed E-state index contributed by atoms with van der Waals surface area (Å²) in [5.74, 6) is -3.19. The van der Waals surface area contributed by atoms with Crippen LogP contribution >= 0.6 is 0 Å². The molecule has 1 aliphatic rings. The van der Waals surface area contributed by atoms with Gasteiger partial charge in [0.1, 0.15) is 0 Å². The smallest absolute Gasteiger partial charge is 0.384 e. The summed E-state index contributed by atoms with van der Waals surface area (Å²) < 4.78 is 19.2. The lowest BCUT2D eigenvalue weighted by molar-refractivity contribution is -0.136. The molecule has 0 bridgehead atoms. The Morgan fingerprint density at radius 3 is 2.36 bits per heavy atom. The van der Waals surface area contributed by atoms with Gasteiger partial charge in [0.2, 0.25) is 5.76 Å². The highest BCUT2D eigenvalue weighted by Gasteiger charge is 2.35. The van der Waals surface area contributed by atoms with E-state index in [0.29, 0.717) is 0 Å². The number of methoxy groups -OCH3 is 2. The largest absolute Gasteiger partial charge is 0.490 e. The van der Waals surface area contributed by atoms with Gasteiger partial charge in [-0.05, 0) is 12.1 Å². The predicted octanol–water partition coefficient (Wildman–Crippen LogP) is 1.32.